The van der Waals surface area contributed by atoms with Crippen LogP contribution in [0.1, 0.15) is 55.4 Å². The van der Waals surface area contributed by atoms with Crippen LogP contribution in [0.5, 0.6) is 0 Å². The summed E-state index contributed by atoms with van der Waals surface area (Å²) < 4.78 is 1.09. The lowest BCUT2D eigenvalue weighted by Gasteiger charge is -2.36. The molecule has 1 aromatic heterocycles. The molecular weight excluding hydrogens is 453 g/mol. The molecule has 0 spiro atoms. The van der Waals surface area contributed by atoms with Crippen molar-refractivity contribution in [2.24, 2.45) is 5.41 Å². The molecule has 0 radical (unpaired) electrons. The topological polar surface area (TPSA) is 102 Å². The van der Waals surface area contributed by atoms with E-state index in [2.05, 4.69) is 51.7 Å². The Balaban J connectivity index is 1.84. The fraction of sp³-hybridized carbons (Fsp3) is 0.350. The van der Waals surface area contributed by atoms with E-state index in [9.17, 15) is 15.3 Å². The summed E-state index contributed by atoms with van der Waals surface area (Å²) >= 11 is 2.22. The first-order chi connectivity index (χ1) is 12.8. The maximum atomic E-state index is 13.5. The number of aromatic nitrogens is 2. The van der Waals surface area contributed by atoms with Crippen LogP contribution < -0.4 is 5.32 Å². The molecule has 1 amide bonds. The third-order valence-electron chi connectivity index (χ3n) is 6.14. The van der Waals surface area contributed by atoms with E-state index in [0.29, 0.717) is 17.8 Å². The summed E-state index contributed by atoms with van der Waals surface area (Å²) in [6.45, 7) is 4.11. The molecule has 7 heteroatoms. The zero-order valence-corrected chi connectivity index (χ0v) is 17.0. The normalized spacial score (nSPS) is 24.0. The zero-order valence-electron chi connectivity index (χ0n) is 14.9. The summed E-state index contributed by atoms with van der Waals surface area (Å²) in [6.07, 6.45) is 1.46. The molecule has 134 valence electrons. The van der Waals surface area contributed by atoms with Gasteiger partial charge in [-0.1, -0.05) is 13.8 Å². The summed E-state index contributed by atoms with van der Waals surface area (Å²) in [5.41, 5.74) is 0.742. The van der Waals surface area contributed by atoms with Crippen molar-refractivity contribution in [1.82, 2.24) is 9.97 Å². The Bertz CT molecular complexity index is 1050. The van der Waals surface area contributed by atoms with Crippen molar-refractivity contribution in [2.75, 3.05) is 5.32 Å². The predicted molar refractivity (Wildman–Crippen MR) is 107 cm³/mol. The number of nitrogens with one attached hydrogen (secondary N) is 1. The van der Waals surface area contributed by atoms with Gasteiger partial charge in [-0.2, -0.15) is 10.5 Å². The van der Waals surface area contributed by atoms with Gasteiger partial charge in [0.2, 0.25) is 5.91 Å². The fourth-order valence-electron chi connectivity index (χ4n) is 4.69. The molecule has 0 aliphatic heterocycles. The van der Waals surface area contributed by atoms with Crippen molar-refractivity contribution in [2.45, 2.75) is 38.0 Å². The third-order valence-corrected chi connectivity index (χ3v) is 6.86. The Morgan fingerprint density at radius 1 is 1.19 bits per heavy atom. The minimum absolute atomic E-state index is 0.0129. The Kier molecular flexibility index (Phi) is 3.97. The van der Waals surface area contributed by atoms with Gasteiger partial charge in [-0.25, -0.2) is 9.97 Å². The average Bonchev–Trinajstić information content (AvgIpc) is 3.04. The number of nitriles is 2. The summed E-state index contributed by atoms with van der Waals surface area (Å²) in [4.78, 5) is 22.4. The number of anilines is 1. The Morgan fingerprint density at radius 3 is 2.44 bits per heavy atom. The van der Waals surface area contributed by atoms with Gasteiger partial charge in [0.05, 0.1) is 16.8 Å². The summed E-state index contributed by atoms with van der Waals surface area (Å²) in [6, 6.07) is 11.5. The van der Waals surface area contributed by atoms with Crippen LogP contribution >= 0.6 is 22.6 Å². The number of carbonyl (C=O) groups is 1. The molecular formula is C20H16IN5O. The first-order valence-electron chi connectivity index (χ1n) is 8.65. The number of carbonyl (C=O) groups excluding carboxylic acids is 1. The monoisotopic (exact) mass is 469 g/mol. The molecule has 6 nitrogen and oxygen atoms in total. The number of rotatable bonds is 2. The Labute approximate surface area is 170 Å². The van der Waals surface area contributed by atoms with E-state index in [4.69, 9.17) is 0 Å². The molecule has 1 N–H and O–H groups in total. The van der Waals surface area contributed by atoms with E-state index >= 15 is 0 Å². The molecule has 1 saturated carbocycles. The second-order valence-electron chi connectivity index (χ2n) is 7.56. The number of halogens is 1. The highest BCUT2D eigenvalue weighted by atomic mass is 127. The van der Waals surface area contributed by atoms with Crippen molar-refractivity contribution in [3.8, 4) is 12.1 Å². The van der Waals surface area contributed by atoms with E-state index < -0.39 is 10.8 Å². The van der Waals surface area contributed by atoms with Crippen LogP contribution in [0.2, 0.25) is 0 Å². The van der Waals surface area contributed by atoms with Crippen LogP contribution in [0.3, 0.4) is 0 Å². The second kappa shape index (κ2) is 6.00. The molecule has 4 rings (SSSR count). The van der Waals surface area contributed by atoms with Crippen LogP contribution in [0.25, 0.3) is 0 Å². The Morgan fingerprint density at radius 2 is 1.81 bits per heavy atom. The average molecular weight is 469 g/mol. The zero-order chi connectivity index (χ0) is 19.4. The SMILES string of the molecule is CC1(C)C2CCC1(C(=O)Nc1ccc(I)cc1)c1nc(C#N)c(C#N)nc12. The van der Waals surface area contributed by atoms with Gasteiger partial charge in [-0.15, -0.1) is 0 Å². The lowest BCUT2D eigenvalue weighted by Crippen LogP contribution is -2.46. The molecule has 2 unspecified atom stereocenters. The molecule has 1 fully saturated rings. The van der Waals surface area contributed by atoms with E-state index in [1.165, 1.54) is 0 Å². The summed E-state index contributed by atoms with van der Waals surface area (Å²) in [5, 5.41) is 21.7. The van der Waals surface area contributed by atoms with Gasteiger partial charge in [0, 0.05) is 15.2 Å². The van der Waals surface area contributed by atoms with Crippen molar-refractivity contribution in [1.29, 1.82) is 10.5 Å². The van der Waals surface area contributed by atoms with Crippen LogP contribution in [-0.4, -0.2) is 15.9 Å². The van der Waals surface area contributed by atoms with Crippen molar-refractivity contribution in [3.63, 3.8) is 0 Å². The molecule has 2 bridgehead atoms. The van der Waals surface area contributed by atoms with Gasteiger partial charge in [-0.05, 0) is 65.1 Å². The number of fused-ring (bicyclic) bond motifs is 5. The van der Waals surface area contributed by atoms with Gasteiger partial charge in [0.15, 0.2) is 11.4 Å². The third kappa shape index (κ3) is 2.31. The maximum absolute atomic E-state index is 13.5. The second-order valence-corrected chi connectivity index (χ2v) is 8.80. The number of nitrogens with zero attached hydrogens (tertiary/aromatic N) is 4. The molecule has 0 saturated heterocycles. The van der Waals surface area contributed by atoms with Crippen molar-refractivity contribution >= 4 is 34.2 Å². The fourth-order valence-corrected chi connectivity index (χ4v) is 5.05. The van der Waals surface area contributed by atoms with E-state index in [0.717, 1.165) is 15.7 Å². The molecule has 2 aliphatic carbocycles. The highest BCUT2D eigenvalue weighted by Gasteiger charge is 2.68. The first-order valence-corrected chi connectivity index (χ1v) is 9.72. The highest BCUT2D eigenvalue weighted by Crippen LogP contribution is 2.67. The molecule has 27 heavy (non-hydrogen) atoms. The number of hydrogen-bond acceptors (Lipinski definition) is 5. The molecule has 2 atom stereocenters. The van der Waals surface area contributed by atoms with Gasteiger partial charge in [0.1, 0.15) is 12.1 Å². The standard InChI is InChI=1S/C20H16IN5O/c1-19(2)13-7-8-20(19,18(27)24-12-5-3-11(21)4-6-12)17-16(13)25-14(9-22)15(10-23)26-17/h3-6,13H,7-8H2,1-2H3,(H,24,27). The van der Waals surface area contributed by atoms with Crippen LogP contribution in [0, 0.1) is 31.6 Å². The van der Waals surface area contributed by atoms with E-state index in [-0.39, 0.29) is 23.2 Å². The van der Waals surface area contributed by atoms with E-state index in [1.54, 1.807) is 0 Å². The van der Waals surface area contributed by atoms with Crippen molar-refractivity contribution in [3.05, 3.63) is 50.6 Å². The number of amides is 1. The first kappa shape index (κ1) is 17.9. The summed E-state index contributed by atoms with van der Waals surface area (Å²) in [7, 11) is 0. The highest BCUT2D eigenvalue weighted by molar-refractivity contribution is 14.1. The molecule has 2 aliphatic rings. The van der Waals surface area contributed by atoms with Gasteiger partial charge in [-0.3, -0.25) is 4.79 Å². The summed E-state index contributed by atoms with van der Waals surface area (Å²) in [5.74, 6) is -0.0832. The lowest BCUT2D eigenvalue weighted by molar-refractivity contribution is -0.124. The van der Waals surface area contributed by atoms with Gasteiger partial charge >= 0.3 is 0 Å². The van der Waals surface area contributed by atoms with E-state index in [1.807, 2.05) is 36.4 Å². The van der Waals surface area contributed by atoms with Crippen LogP contribution in [0.4, 0.5) is 5.69 Å². The minimum atomic E-state index is -0.859. The molecule has 1 aromatic carbocycles. The Hall–Kier alpha value is -2.52. The quantitative estimate of drug-likeness (QED) is 0.677. The lowest BCUT2D eigenvalue weighted by atomic mass is 9.67. The van der Waals surface area contributed by atoms with Crippen LogP contribution in [0.15, 0.2) is 24.3 Å². The molecule has 2 aromatic rings. The minimum Gasteiger partial charge on any atom is -0.325 e. The maximum Gasteiger partial charge on any atom is 0.237 e. The largest absolute Gasteiger partial charge is 0.325 e. The number of hydrogen-bond donors (Lipinski definition) is 1. The predicted octanol–water partition coefficient (Wildman–Crippen LogP) is 3.62. The van der Waals surface area contributed by atoms with Gasteiger partial charge in [0.25, 0.3) is 0 Å². The molecule has 1 heterocycles. The van der Waals surface area contributed by atoms with Crippen molar-refractivity contribution < 1.29 is 4.79 Å². The number of benzene rings is 1. The smallest absolute Gasteiger partial charge is 0.237 e. The van der Waals surface area contributed by atoms with Gasteiger partial charge < -0.3 is 5.32 Å². The van der Waals surface area contributed by atoms with Crippen LogP contribution in [-0.2, 0) is 10.2 Å².